The smallest absolute Gasteiger partial charge is 0.270 e. The maximum absolute atomic E-state index is 12.7. The van der Waals surface area contributed by atoms with E-state index in [-0.39, 0.29) is 16.9 Å². The molecule has 2 N–H and O–H groups in total. The average Bonchev–Trinajstić information content (AvgIpc) is 3.38. The molecule has 3 aliphatic rings. The third-order valence-electron chi connectivity index (χ3n) is 6.51. The van der Waals surface area contributed by atoms with Gasteiger partial charge in [-0.3, -0.25) is 14.6 Å². The largest absolute Gasteiger partial charge is 0.378 e. The quantitative estimate of drug-likeness (QED) is 0.809. The van der Waals surface area contributed by atoms with Crippen LogP contribution < -0.4 is 10.5 Å². The number of amides is 1. The number of nitrogens with zero attached hydrogens (tertiary/aromatic N) is 3. The summed E-state index contributed by atoms with van der Waals surface area (Å²) in [6.07, 6.45) is 5.19. The summed E-state index contributed by atoms with van der Waals surface area (Å²) >= 11 is 0. The first-order chi connectivity index (χ1) is 13.7. The van der Waals surface area contributed by atoms with Crippen LogP contribution in [0.4, 0.5) is 5.95 Å². The predicted octanol–water partition coefficient (Wildman–Crippen LogP) is 1.05. The average molecular weight is 383 g/mol. The van der Waals surface area contributed by atoms with Crippen LogP contribution in [0.3, 0.4) is 0 Å². The number of fused-ring (bicyclic) bond motifs is 2. The number of hydrogen-bond donors (Lipinski definition) is 2. The molecule has 2 aromatic rings. The van der Waals surface area contributed by atoms with E-state index in [0.717, 1.165) is 50.0 Å². The van der Waals surface area contributed by atoms with Crippen molar-refractivity contribution in [3.8, 4) is 0 Å². The van der Waals surface area contributed by atoms with Crippen LogP contribution in [-0.4, -0.2) is 65.2 Å². The summed E-state index contributed by atoms with van der Waals surface area (Å²) in [4.78, 5) is 40.3. The molecule has 1 spiro atoms. The Morgan fingerprint density at radius 1 is 1.14 bits per heavy atom. The van der Waals surface area contributed by atoms with Crippen LogP contribution in [0.15, 0.2) is 23.1 Å². The first-order valence-electron chi connectivity index (χ1n) is 10.1. The number of ether oxygens (including phenoxy) is 1. The normalized spacial score (nSPS) is 21.1. The maximum atomic E-state index is 12.7. The van der Waals surface area contributed by atoms with Gasteiger partial charge in [0.1, 0.15) is 5.69 Å². The van der Waals surface area contributed by atoms with Crippen molar-refractivity contribution in [1.29, 1.82) is 0 Å². The predicted molar refractivity (Wildman–Crippen MR) is 104 cm³/mol. The van der Waals surface area contributed by atoms with Crippen LogP contribution in [0.5, 0.6) is 0 Å². The number of morpholine rings is 1. The molecule has 1 aliphatic carbocycles. The van der Waals surface area contributed by atoms with Gasteiger partial charge in [-0.25, -0.2) is 4.98 Å². The maximum Gasteiger partial charge on any atom is 0.270 e. The second-order valence-electron chi connectivity index (χ2n) is 7.97. The summed E-state index contributed by atoms with van der Waals surface area (Å²) in [5.41, 5.74) is 2.34. The van der Waals surface area contributed by atoms with E-state index >= 15 is 0 Å². The lowest BCUT2D eigenvalue weighted by Gasteiger charge is -2.39. The minimum absolute atomic E-state index is 0.00624. The topological polar surface area (TPSA) is 94.3 Å². The van der Waals surface area contributed by atoms with E-state index in [9.17, 15) is 9.59 Å². The number of carbonyl (C=O) groups excluding carboxylic acids is 1. The molecular weight excluding hydrogens is 358 g/mol. The summed E-state index contributed by atoms with van der Waals surface area (Å²) in [5.74, 6) is 0.712. The first kappa shape index (κ1) is 17.5. The fourth-order valence-electron chi connectivity index (χ4n) is 4.82. The number of piperidine rings is 1. The molecule has 5 rings (SSSR count). The standard InChI is InChI=1S/C20H25N5O3/c26-17-14-3-4-20(16(14)22-19(23-17)25-10-12-28-13-11-25)5-8-24(9-6-20)18(27)15-2-1-7-21-15/h1-2,7,21H,3-6,8-13H2,(H,22,23,26). The highest BCUT2D eigenvalue weighted by atomic mass is 16.5. The molecule has 148 valence electrons. The van der Waals surface area contributed by atoms with Crippen molar-refractivity contribution < 1.29 is 9.53 Å². The number of aromatic nitrogens is 3. The Kier molecular flexibility index (Phi) is 4.23. The van der Waals surface area contributed by atoms with Gasteiger partial charge in [0.15, 0.2) is 0 Å². The van der Waals surface area contributed by atoms with Crippen LogP contribution in [0, 0.1) is 0 Å². The number of aromatic amines is 2. The Morgan fingerprint density at radius 3 is 2.64 bits per heavy atom. The minimum Gasteiger partial charge on any atom is -0.378 e. The molecule has 2 fully saturated rings. The molecule has 0 atom stereocenters. The van der Waals surface area contributed by atoms with Gasteiger partial charge in [0.2, 0.25) is 5.95 Å². The van der Waals surface area contributed by atoms with E-state index in [1.165, 1.54) is 0 Å². The zero-order valence-electron chi connectivity index (χ0n) is 15.9. The molecule has 2 saturated heterocycles. The summed E-state index contributed by atoms with van der Waals surface area (Å²) in [6.45, 7) is 4.18. The third kappa shape index (κ3) is 2.83. The second kappa shape index (κ2) is 6.77. The molecule has 0 radical (unpaired) electrons. The van der Waals surface area contributed by atoms with Gasteiger partial charge in [0, 0.05) is 43.4 Å². The molecule has 8 nitrogen and oxygen atoms in total. The van der Waals surface area contributed by atoms with Crippen molar-refractivity contribution in [3.05, 3.63) is 45.6 Å². The minimum atomic E-state index is -0.0862. The van der Waals surface area contributed by atoms with Crippen LogP contribution in [-0.2, 0) is 16.6 Å². The summed E-state index contributed by atoms with van der Waals surface area (Å²) in [5, 5.41) is 0. The Balaban J connectivity index is 1.39. The van der Waals surface area contributed by atoms with Crippen molar-refractivity contribution >= 4 is 11.9 Å². The zero-order valence-corrected chi connectivity index (χ0v) is 15.9. The molecule has 0 bridgehead atoms. The molecule has 0 saturated carbocycles. The molecule has 1 amide bonds. The van der Waals surface area contributed by atoms with Crippen LogP contribution >= 0.6 is 0 Å². The van der Waals surface area contributed by atoms with Crippen molar-refractivity contribution in [2.45, 2.75) is 31.1 Å². The van der Waals surface area contributed by atoms with Crippen molar-refractivity contribution in [3.63, 3.8) is 0 Å². The number of nitrogens with one attached hydrogen (secondary N) is 2. The molecule has 2 aliphatic heterocycles. The number of carbonyl (C=O) groups is 1. The Bertz CT molecular complexity index is 922. The van der Waals surface area contributed by atoms with Gasteiger partial charge >= 0.3 is 0 Å². The zero-order chi connectivity index (χ0) is 19.1. The van der Waals surface area contributed by atoms with E-state index in [2.05, 4.69) is 14.9 Å². The fourth-order valence-corrected chi connectivity index (χ4v) is 4.82. The molecule has 8 heteroatoms. The van der Waals surface area contributed by atoms with E-state index < -0.39 is 0 Å². The van der Waals surface area contributed by atoms with Gasteiger partial charge in [-0.1, -0.05) is 0 Å². The van der Waals surface area contributed by atoms with Crippen LogP contribution in [0.1, 0.15) is 41.0 Å². The number of H-pyrrole nitrogens is 2. The highest BCUT2D eigenvalue weighted by molar-refractivity contribution is 5.92. The fraction of sp³-hybridized carbons (Fsp3) is 0.550. The molecule has 2 aromatic heterocycles. The van der Waals surface area contributed by atoms with E-state index in [0.29, 0.717) is 37.9 Å². The Hall–Kier alpha value is -2.61. The van der Waals surface area contributed by atoms with E-state index in [1.54, 1.807) is 6.20 Å². The van der Waals surface area contributed by atoms with E-state index in [4.69, 9.17) is 9.72 Å². The molecular formula is C20H25N5O3. The molecule has 4 heterocycles. The van der Waals surface area contributed by atoms with Crippen molar-refractivity contribution in [1.82, 2.24) is 19.9 Å². The first-order valence-corrected chi connectivity index (χ1v) is 10.1. The molecule has 0 unspecified atom stereocenters. The van der Waals surface area contributed by atoms with Gasteiger partial charge < -0.3 is 19.5 Å². The second-order valence-corrected chi connectivity index (χ2v) is 7.97. The van der Waals surface area contributed by atoms with Gasteiger partial charge in [-0.15, -0.1) is 0 Å². The lowest BCUT2D eigenvalue weighted by atomic mass is 9.76. The monoisotopic (exact) mass is 383 g/mol. The highest BCUT2D eigenvalue weighted by Gasteiger charge is 2.45. The van der Waals surface area contributed by atoms with Gasteiger partial charge in [0.05, 0.1) is 18.9 Å². The summed E-state index contributed by atoms with van der Waals surface area (Å²) < 4.78 is 5.42. The summed E-state index contributed by atoms with van der Waals surface area (Å²) in [7, 11) is 0. The molecule has 0 aromatic carbocycles. The SMILES string of the molecule is O=C(c1ccc[nH]1)N1CCC2(CCc3c2nc(N2CCOCC2)[nH]c3=O)CC1. The summed E-state index contributed by atoms with van der Waals surface area (Å²) in [6, 6.07) is 3.66. The molecule has 28 heavy (non-hydrogen) atoms. The van der Waals surface area contributed by atoms with Crippen molar-refractivity contribution in [2.24, 2.45) is 0 Å². The Morgan fingerprint density at radius 2 is 1.93 bits per heavy atom. The van der Waals surface area contributed by atoms with Crippen LogP contribution in [0.25, 0.3) is 0 Å². The Labute approximate surface area is 162 Å². The van der Waals surface area contributed by atoms with E-state index in [1.807, 2.05) is 17.0 Å². The van der Waals surface area contributed by atoms with Crippen LogP contribution in [0.2, 0.25) is 0 Å². The third-order valence-corrected chi connectivity index (χ3v) is 6.51. The lowest BCUT2D eigenvalue weighted by Crippen LogP contribution is -2.45. The lowest BCUT2D eigenvalue weighted by molar-refractivity contribution is 0.0658. The number of anilines is 1. The van der Waals surface area contributed by atoms with Crippen molar-refractivity contribution in [2.75, 3.05) is 44.3 Å². The van der Waals surface area contributed by atoms with Gasteiger partial charge in [-0.05, 0) is 37.8 Å². The number of rotatable bonds is 2. The highest BCUT2D eigenvalue weighted by Crippen LogP contribution is 2.44. The van der Waals surface area contributed by atoms with Gasteiger partial charge in [0.25, 0.3) is 11.5 Å². The number of likely N-dealkylation sites (tertiary alicyclic amines) is 1. The number of hydrogen-bond acceptors (Lipinski definition) is 5. The van der Waals surface area contributed by atoms with Gasteiger partial charge in [-0.2, -0.15) is 0 Å².